The van der Waals surface area contributed by atoms with E-state index in [-0.39, 0.29) is 11.9 Å². The van der Waals surface area contributed by atoms with Gasteiger partial charge in [0.05, 0.1) is 11.7 Å². The normalized spacial score (nSPS) is 12.6. The van der Waals surface area contributed by atoms with Gasteiger partial charge in [-0.25, -0.2) is 9.37 Å². The Labute approximate surface area is 117 Å². The van der Waals surface area contributed by atoms with E-state index >= 15 is 0 Å². The summed E-state index contributed by atoms with van der Waals surface area (Å²) in [6.07, 6.45) is 1.04. The summed E-state index contributed by atoms with van der Waals surface area (Å²) in [4.78, 5) is 5.82. The molecule has 0 aliphatic heterocycles. The number of nitrogens with zero attached hydrogens (tertiary/aromatic N) is 1. The van der Waals surface area contributed by atoms with Crippen molar-refractivity contribution >= 4 is 11.3 Å². The van der Waals surface area contributed by atoms with Gasteiger partial charge >= 0.3 is 0 Å². The van der Waals surface area contributed by atoms with Gasteiger partial charge in [-0.2, -0.15) is 0 Å². The zero-order valence-electron chi connectivity index (χ0n) is 11.5. The Balaban J connectivity index is 2.35. The average molecular weight is 278 g/mol. The molecule has 2 nitrogen and oxygen atoms in total. The number of aromatic nitrogens is 1. The molecule has 1 unspecified atom stereocenters. The highest BCUT2D eigenvalue weighted by Gasteiger charge is 2.18. The van der Waals surface area contributed by atoms with Crippen LogP contribution in [0.2, 0.25) is 0 Å². The van der Waals surface area contributed by atoms with Crippen LogP contribution in [0.25, 0.3) is 0 Å². The van der Waals surface area contributed by atoms with Crippen molar-refractivity contribution in [2.45, 2.75) is 33.2 Å². The second-order valence-electron chi connectivity index (χ2n) is 4.64. The summed E-state index contributed by atoms with van der Waals surface area (Å²) in [5.74, 6) is -0.203. The van der Waals surface area contributed by atoms with Crippen LogP contribution in [0.3, 0.4) is 0 Å². The lowest BCUT2D eigenvalue weighted by Crippen LogP contribution is -2.23. The quantitative estimate of drug-likeness (QED) is 0.894. The molecule has 1 heterocycles. The lowest BCUT2D eigenvalue weighted by atomic mass is 10.1. The summed E-state index contributed by atoms with van der Waals surface area (Å²) in [5.41, 5.74) is 1.99. The number of halogens is 1. The SMILES string of the molecule is CCCNC(c1cccc(F)c1)c1nc(C)c(C)s1. The molecule has 0 fully saturated rings. The molecular weight excluding hydrogens is 259 g/mol. The third kappa shape index (κ3) is 3.39. The van der Waals surface area contributed by atoms with Crippen molar-refractivity contribution in [2.24, 2.45) is 0 Å². The van der Waals surface area contributed by atoms with Gasteiger partial charge < -0.3 is 5.32 Å². The van der Waals surface area contributed by atoms with Gasteiger partial charge in [0.2, 0.25) is 0 Å². The lowest BCUT2D eigenvalue weighted by Gasteiger charge is -2.16. The molecule has 1 aromatic carbocycles. The molecule has 4 heteroatoms. The Hall–Kier alpha value is -1.26. The van der Waals surface area contributed by atoms with Crippen molar-refractivity contribution in [3.8, 4) is 0 Å². The van der Waals surface area contributed by atoms with E-state index in [1.54, 1.807) is 23.5 Å². The van der Waals surface area contributed by atoms with Gasteiger partial charge in [0.15, 0.2) is 0 Å². The third-order valence-electron chi connectivity index (χ3n) is 3.07. The summed E-state index contributed by atoms with van der Waals surface area (Å²) in [5, 5.41) is 4.46. The maximum atomic E-state index is 13.4. The minimum absolute atomic E-state index is 0.0203. The molecule has 19 heavy (non-hydrogen) atoms. The van der Waals surface area contributed by atoms with Crippen LogP contribution in [0.4, 0.5) is 4.39 Å². The van der Waals surface area contributed by atoms with Gasteiger partial charge in [-0.1, -0.05) is 19.1 Å². The number of benzene rings is 1. The molecule has 0 aliphatic carbocycles. The first-order chi connectivity index (χ1) is 9.11. The van der Waals surface area contributed by atoms with Crippen molar-refractivity contribution in [3.63, 3.8) is 0 Å². The van der Waals surface area contributed by atoms with E-state index in [4.69, 9.17) is 0 Å². The van der Waals surface area contributed by atoms with Gasteiger partial charge in [0.1, 0.15) is 10.8 Å². The Kier molecular flexibility index (Phi) is 4.66. The molecule has 0 saturated heterocycles. The molecule has 0 aliphatic rings. The molecule has 0 saturated carbocycles. The van der Waals surface area contributed by atoms with Gasteiger partial charge in [-0.15, -0.1) is 11.3 Å². The highest BCUT2D eigenvalue weighted by molar-refractivity contribution is 7.11. The summed E-state index contributed by atoms with van der Waals surface area (Å²) < 4.78 is 13.4. The number of nitrogens with one attached hydrogen (secondary N) is 1. The molecule has 0 spiro atoms. The van der Waals surface area contributed by atoms with Crippen LogP contribution in [0, 0.1) is 19.7 Å². The highest BCUT2D eigenvalue weighted by Crippen LogP contribution is 2.28. The first-order valence-corrected chi connectivity index (χ1v) is 7.36. The third-order valence-corrected chi connectivity index (χ3v) is 4.21. The van der Waals surface area contributed by atoms with Crippen molar-refractivity contribution in [1.82, 2.24) is 10.3 Å². The predicted octanol–water partition coefficient (Wildman–Crippen LogP) is 3.99. The zero-order valence-corrected chi connectivity index (χ0v) is 12.4. The van der Waals surface area contributed by atoms with Crippen molar-refractivity contribution in [2.75, 3.05) is 6.54 Å². The van der Waals surface area contributed by atoms with Crippen molar-refractivity contribution in [1.29, 1.82) is 0 Å². The number of rotatable bonds is 5. The first kappa shape index (κ1) is 14.2. The summed E-state index contributed by atoms with van der Waals surface area (Å²) in [7, 11) is 0. The van der Waals surface area contributed by atoms with Crippen LogP contribution in [0.1, 0.15) is 40.5 Å². The smallest absolute Gasteiger partial charge is 0.123 e. The van der Waals surface area contributed by atoms with Crippen LogP contribution in [0.15, 0.2) is 24.3 Å². The molecule has 1 N–H and O–H groups in total. The molecule has 102 valence electrons. The maximum absolute atomic E-state index is 13.4. The van der Waals surface area contributed by atoms with E-state index in [2.05, 4.69) is 24.1 Å². The van der Waals surface area contributed by atoms with Gasteiger partial charge in [-0.3, -0.25) is 0 Å². The van der Waals surface area contributed by atoms with Crippen LogP contribution >= 0.6 is 11.3 Å². The van der Waals surface area contributed by atoms with Crippen molar-refractivity contribution < 1.29 is 4.39 Å². The Morgan fingerprint density at radius 3 is 2.74 bits per heavy atom. The molecule has 1 atom stereocenters. The van der Waals surface area contributed by atoms with E-state index in [0.29, 0.717) is 0 Å². The van der Waals surface area contributed by atoms with E-state index < -0.39 is 0 Å². The minimum Gasteiger partial charge on any atom is -0.304 e. The Bertz CT molecular complexity index is 531. The average Bonchev–Trinajstić information content (AvgIpc) is 2.70. The summed E-state index contributed by atoms with van der Waals surface area (Å²) in [6.45, 7) is 7.09. The van der Waals surface area contributed by atoms with Gasteiger partial charge in [0, 0.05) is 4.88 Å². The van der Waals surface area contributed by atoms with Crippen molar-refractivity contribution in [3.05, 3.63) is 51.2 Å². The fourth-order valence-electron chi connectivity index (χ4n) is 1.94. The summed E-state index contributed by atoms with van der Waals surface area (Å²) in [6, 6.07) is 6.73. The number of thiazole rings is 1. The molecule has 2 rings (SSSR count). The van der Waals surface area contributed by atoms with E-state index in [0.717, 1.165) is 29.2 Å². The fraction of sp³-hybridized carbons (Fsp3) is 0.400. The number of hydrogen-bond acceptors (Lipinski definition) is 3. The molecule has 1 aromatic heterocycles. The van der Waals surface area contributed by atoms with Crippen LogP contribution < -0.4 is 5.32 Å². The molecule has 2 aromatic rings. The largest absolute Gasteiger partial charge is 0.304 e. The van der Waals surface area contributed by atoms with Crippen LogP contribution in [0.5, 0.6) is 0 Å². The highest BCUT2D eigenvalue weighted by atomic mass is 32.1. The first-order valence-electron chi connectivity index (χ1n) is 6.54. The van der Waals surface area contributed by atoms with Crippen LogP contribution in [-0.4, -0.2) is 11.5 Å². The molecule has 0 bridgehead atoms. The minimum atomic E-state index is -0.203. The van der Waals surface area contributed by atoms with E-state index in [1.807, 2.05) is 13.0 Å². The fourth-order valence-corrected chi connectivity index (χ4v) is 2.97. The summed E-state index contributed by atoms with van der Waals surface area (Å²) >= 11 is 1.68. The van der Waals surface area contributed by atoms with E-state index in [1.165, 1.54) is 10.9 Å². The standard InChI is InChI=1S/C15H19FN2S/c1-4-8-17-14(12-6-5-7-13(16)9-12)15-18-10(2)11(3)19-15/h5-7,9,14,17H,4,8H2,1-3H3. The van der Waals surface area contributed by atoms with E-state index in [9.17, 15) is 4.39 Å². The topological polar surface area (TPSA) is 24.9 Å². The Morgan fingerprint density at radius 2 is 2.16 bits per heavy atom. The molecular formula is C15H19FN2S. The molecule has 0 amide bonds. The predicted molar refractivity (Wildman–Crippen MR) is 78.1 cm³/mol. The van der Waals surface area contributed by atoms with Gasteiger partial charge in [0.25, 0.3) is 0 Å². The monoisotopic (exact) mass is 278 g/mol. The van der Waals surface area contributed by atoms with Gasteiger partial charge in [-0.05, 0) is 44.5 Å². The van der Waals surface area contributed by atoms with Crippen LogP contribution in [-0.2, 0) is 0 Å². The number of hydrogen-bond donors (Lipinski definition) is 1. The lowest BCUT2D eigenvalue weighted by molar-refractivity contribution is 0.583. The number of aryl methyl sites for hydroxylation is 2. The second-order valence-corrected chi connectivity index (χ2v) is 5.87. The maximum Gasteiger partial charge on any atom is 0.123 e. The molecule has 0 radical (unpaired) electrons. The zero-order chi connectivity index (χ0) is 13.8. The Morgan fingerprint density at radius 1 is 1.37 bits per heavy atom. The second kappa shape index (κ2) is 6.26.